The molecule has 0 aliphatic carbocycles. The molecule has 30 heavy (non-hydrogen) atoms. The topological polar surface area (TPSA) is 50.8 Å². The molecular formula is C22H25F3N2O3. The van der Waals surface area contributed by atoms with E-state index in [1.54, 1.807) is 36.2 Å². The molecule has 0 unspecified atom stereocenters. The Morgan fingerprint density at radius 2 is 1.77 bits per heavy atom. The largest absolute Gasteiger partial charge is 0.435 e. The lowest BCUT2D eigenvalue weighted by Crippen LogP contribution is -2.50. The highest BCUT2D eigenvalue weighted by Gasteiger charge is 2.34. The Kier molecular flexibility index (Phi) is 7.33. The van der Waals surface area contributed by atoms with Gasteiger partial charge in [-0.05, 0) is 48.2 Å². The molecule has 8 heteroatoms. The van der Waals surface area contributed by atoms with Crippen LogP contribution in [0.25, 0.3) is 0 Å². The van der Waals surface area contributed by atoms with Crippen LogP contribution in [0.5, 0.6) is 5.75 Å². The Hall–Kier alpha value is -2.58. The number of nitrogens with zero attached hydrogens (tertiary/aromatic N) is 1. The number of carbonyl (C=O) groups excluding carboxylic acids is 1. The minimum atomic E-state index is -2.87. The minimum Gasteiger partial charge on any atom is -0.435 e. The summed E-state index contributed by atoms with van der Waals surface area (Å²) in [4.78, 5) is 14.2. The van der Waals surface area contributed by atoms with Crippen LogP contribution in [0.1, 0.15) is 24.0 Å². The zero-order valence-corrected chi connectivity index (χ0v) is 16.7. The fraction of sp³-hybridized carbons (Fsp3) is 0.409. The van der Waals surface area contributed by atoms with Gasteiger partial charge in [0.05, 0.1) is 6.54 Å². The normalized spacial score (nSPS) is 15.8. The van der Waals surface area contributed by atoms with E-state index in [1.165, 1.54) is 24.3 Å². The van der Waals surface area contributed by atoms with Gasteiger partial charge in [-0.3, -0.25) is 10.1 Å². The molecule has 1 saturated heterocycles. The highest BCUT2D eigenvalue weighted by atomic mass is 19.3. The summed E-state index contributed by atoms with van der Waals surface area (Å²) < 4.78 is 47.6. The van der Waals surface area contributed by atoms with Crippen LogP contribution in [0.2, 0.25) is 0 Å². The summed E-state index contributed by atoms with van der Waals surface area (Å²) in [5, 5.41) is 3.37. The Morgan fingerprint density at radius 3 is 2.37 bits per heavy atom. The van der Waals surface area contributed by atoms with Gasteiger partial charge in [-0.1, -0.05) is 24.3 Å². The van der Waals surface area contributed by atoms with Crippen molar-refractivity contribution in [3.05, 3.63) is 65.5 Å². The molecule has 1 fully saturated rings. The predicted molar refractivity (Wildman–Crippen MR) is 106 cm³/mol. The van der Waals surface area contributed by atoms with Gasteiger partial charge in [0.2, 0.25) is 5.91 Å². The summed E-state index contributed by atoms with van der Waals surface area (Å²) in [5.74, 6) is -0.345. The Morgan fingerprint density at radius 1 is 1.13 bits per heavy atom. The molecule has 0 bridgehead atoms. The van der Waals surface area contributed by atoms with Crippen LogP contribution >= 0.6 is 0 Å². The minimum absolute atomic E-state index is 0.0742. The first-order valence-electron chi connectivity index (χ1n) is 9.74. The van der Waals surface area contributed by atoms with E-state index in [0.717, 1.165) is 11.1 Å². The molecule has 1 N–H and O–H groups in total. The molecule has 5 nitrogen and oxygen atoms in total. The number of carbonyl (C=O) groups is 1. The Labute approximate surface area is 173 Å². The lowest BCUT2D eigenvalue weighted by atomic mass is 9.82. The van der Waals surface area contributed by atoms with Crippen LogP contribution < -0.4 is 10.1 Å². The molecule has 0 radical (unpaired) electrons. The van der Waals surface area contributed by atoms with Gasteiger partial charge in [-0.2, -0.15) is 8.78 Å². The van der Waals surface area contributed by atoms with Crippen LogP contribution in [-0.2, 0) is 21.6 Å². The molecule has 2 aromatic carbocycles. The number of alkyl halides is 2. The van der Waals surface area contributed by atoms with E-state index in [9.17, 15) is 18.0 Å². The SMILES string of the molecule is CN(Cc1ccc(OC(F)F)cc1)C(=O)CNC1(c2ccc(F)cc2)CCOCC1. The van der Waals surface area contributed by atoms with Gasteiger partial charge in [0.1, 0.15) is 11.6 Å². The van der Waals surface area contributed by atoms with E-state index in [2.05, 4.69) is 10.1 Å². The van der Waals surface area contributed by atoms with E-state index in [4.69, 9.17) is 4.74 Å². The van der Waals surface area contributed by atoms with E-state index in [0.29, 0.717) is 32.6 Å². The van der Waals surface area contributed by atoms with Crippen molar-refractivity contribution in [3.63, 3.8) is 0 Å². The third kappa shape index (κ3) is 5.73. The van der Waals surface area contributed by atoms with Crippen molar-refractivity contribution in [1.29, 1.82) is 0 Å². The van der Waals surface area contributed by atoms with Crippen LogP contribution in [0, 0.1) is 5.82 Å². The predicted octanol–water partition coefficient (Wildman–Crippen LogP) is 3.68. The molecule has 0 saturated carbocycles. The van der Waals surface area contributed by atoms with Gasteiger partial charge >= 0.3 is 6.61 Å². The number of halogens is 3. The average Bonchev–Trinajstić information content (AvgIpc) is 2.74. The van der Waals surface area contributed by atoms with Gasteiger partial charge in [0.15, 0.2) is 0 Å². The van der Waals surface area contributed by atoms with Gasteiger partial charge in [-0.25, -0.2) is 4.39 Å². The quantitative estimate of drug-likeness (QED) is 0.705. The van der Waals surface area contributed by atoms with Crippen molar-refractivity contribution in [1.82, 2.24) is 10.2 Å². The van der Waals surface area contributed by atoms with Crippen LogP contribution in [0.15, 0.2) is 48.5 Å². The number of rotatable bonds is 8. The molecule has 1 amide bonds. The van der Waals surface area contributed by atoms with Crippen molar-refractivity contribution in [3.8, 4) is 5.75 Å². The number of hydrogen-bond donors (Lipinski definition) is 1. The first-order chi connectivity index (χ1) is 14.4. The number of benzene rings is 2. The summed E-state index contributed by atoms with van der Waals surface area (Å²) in [6.07, 6.45) is 1.36. The van der Waals surface area contributed by atoms with Crippen LogP contribution in [-0.4, -0.2) is 44.2 Å². The first kappa shape index (κ1) is 22.1. The second kappa shape index (κ2) is 9.95. The zero-order valence-electron chi connectivity index (χ0n) is 16.7. The molecule has 1 heterocycles. The number of amides is 1. The van der Waals surface area contributed by atoms with Crippen LogP contribution in [0.3, 0.4) is 0 Å². The van der Waals surface area contributed by atoms with Crippen LogP contribution in [0.4, 0.5) is 13.2 Å². The maximum absolute atomic E-state index is 13.3. The Bertz CT molecular complexity index is 823. The smallest absolute Gasteiger partial charge is 0.387 e. The van der Waals surface area contributed by atoms with Crippen molar-refractivity contribution < 1.29 is 27.4 Å². The number of nitrogens with one attached hydrogen (secondary N) is 1. The first-order valence-corrected chi connectivity index (χ1v) is 9.74. The Balaban J connectivity index is 1.60. The summed E-state index contributed by atoms with van der Waals surface area (Å²) in [6, 6.07) is 12.5. The molecule has 162 valence electrons. The van der Waals surface area contributed by atoms with E-state index >= 15 is 0 Å². The second-order valence-electron chi connectivity index (χ2n) is 7.33. The second-order valence-corrected chi connectivity index (χ2v) is 7.33. The lowest BCUT2D eigenvalue weighted by Gasteiger charge is -2.39. The molecule has 3 rings (SSSR count). The van der Waals surface area contributed by atoms with Gasteiger partial charge in [0, 0.05) is 32.3 Å². The van der Waals surface area contributed by atoms with Gasteiger partial charge in [0.25, 0.3) is 0 Å². The van der Waals surface area contributed by atoms with Gasteiger partial charge < -0.3 is 14.4 Å². The number of hydrogen-bond acceptors (Lipinski definition) is 4. The van der Waals surface area contributed by atoms with Crippen molar-refractivity contribution in [2.24, 2.45) is 0 Å². The average molecular weight is 422 g/mol. The molecule has 1 aliphatic heterocycles. The van der Waals surface area contributed by atoms with E-state index in [1.807, 2.05) is 0 Å². The number of ether oxygens (including phenoxy) is 2. The standard InChI is InChI=1S/C22H25F3N2O3/c1-27(15-16-2-8-19(9-3-16)30-21(24)25)20(28)14-26-22(10-12-29-13-11-22)17-4-6-18(23)7-5-17/h2-9,21,26H,10-15H2,1H3. The molecule has 0 spiro atoms. The van der Waals surface area contributed by atoms with Gasteiger partial charge in [-0.15, -0.1) is 0 Å². The van der Waals surface area contributed by atoms with Crippen molar-refractivity contribution in [2.45, 2.75) is 31.5 Å². The van der Waals surface area contributed by atoms with E-state index in [-0.39, 0.29) is 24.0 Å². The highest BCUT2D eigenvalue weighted by molar-refractivity contribution is 5.78. The molecular weight excluding hydrogens is 397 g/mol. The summed E-state index contributed by atoms with van der Waals surface area (Å²) in [7, 11) is 1.68. The fourth-order valence-corrected chi connectivity index (χ4v) is 3.57. The molecule has 0 aromatic heterocycles. The van der Waals surface area contributed by atoms with Crippen molar-refractivity contribution >= 4 is 5.91 Å². The maximum atomic E-state index is 13.3. The molecule has 0 atom stereocenters. The third-order valence-electron chi connectivity index (χ3n) is 5.32. The zero-order chi connectivity index (χ0) is 21.6. The lowest BCUT2D eigenvalue weighted by molar-refractivity contribution is -0.130. The summed E-state index contributed by atoms with van der Waals surface area (Å²) in [6.45, 7) is -1.31. The fourth-order valence-electron chi connectivity index (χ4n) is 3.57. The van der Waals surface area contributed by atoms with E-state index < -0.39 is 12.2 Å². The van der Waals surface area contributed by atoms with Crippen molar-refractivity contribution in [2.75, 3.05) is 26.8 Å². The summed E-state index contributed by atoms with van der Waals surface area (Å²) in [5.41, 5.74) is 1.28. The molecule has 1 aliphatic rings. The highest BCUT2D eigenvalue weighted by Crippen LogP contribution is 2.32. The third-order valence-corrected chi connectivity index (χ3v) is 5.32. The molecule has 2 aromatic rings. The number of likely N-dealkylation sites (N-methyl/N-ethyl adjacent to an activating group) is 1. The monoisotopic (exact) mass is 422 g/mol. The summed E-state index contributed by atoms with van der Waals surface area (Å²) >= 11 is 0. The maximum Gasteiger partial charge on any atom is 0.387 e.